The molecule has 0 aromatic heterocycles. The lowest BCUT2D eigenvalue weighted by Gasteiger charge is -2.37. The molecule has 1 amide bonds. The predicted molar refractivity (Wildman–Crippen MR) is 147 cm³/mol. The number of methoxy groups -OCH3 is 1. The van der Waals surface area contributed by atoms with Crippen LogP contribution in [0, 0.1) is 0 Å². The van der Waals surface area contributed by atoms with E-state index in [1.807, 2.05) is 24.3 Å². The molecule has 0 spiro atoms. The van der Waals surface area contributed by atoms with Gasteiger partial charge in [0.25, 0.3) is 0 Å². The molecule has 4 rings (SSSR count). The first kappa shape index (κ1) is 27.5. The van der Waals surface area contributed by atoms with Gasteiger partial charge in [-0.3, -0.25) is 4.79 Å². The zero-order valence-electron chi connectivity index (χ0n) is 20.1. The predicted octanol–water partition coefficient (Wildman–Crippen LogP) is 5.20. The second kappa shape index (κ2) is 11.9. The fourth-order valence-electron chi connectivity index (χ4n) is 4.08. The van der Waals surface area contributed by atoms with E-state index in [1.54, 1.807) is 30.2 Å². The summed E-state index contributed by atoms with van der Waals surface area (Å²) in [4.78, 5) is 17.2. The third kappa shape index (κ3) is 6.69. The number of hydrogen-bond acceptors (Lipinski definition) is 5. The van der Waals surface area contributed by atoms with Crippen LogP contribution < -0.4 is 9.64 Å². The number of carbonyl (C=O) groups excluding carboxylic acids is 1. The Morgan fingerprint density at radius 1 is 0.892 bits per heavy atom. The van der Waals surface area contributed by atoms with Crippen LogP contribution in [0.2, 0.25) is 15.1 Å². The molecule has 0 bridgehead atoms. The number of halogens is 3. The molecule has 3 aromatic carbocycles. The summed E-state index contributed by atoms with van der Waals surface area (Å²) in [5.41, 5.74) is 1.58. The second-order valence-corrected chi connectivity index (χ2v) is 11.7. The van der Waals surface area contributed by atoms with E-state index >= 15 is 0 Å². The zero-order valence-corrected chi connectivity index (χ0v) is 23.2. The molecule has 0 N–H and O–H groups in total. The maximum Gasteiger partial charge on any atom is 0.243 e. The van der Waals surface area contributed by atoms with Gasteiger partial charge in [0.15, 0.2) is 0 Å². The van der Waals surface area contributed by atoms with E-state index in [1.165, 1.54) is 24.3 Å². The van der Waals surface area contributed by atoms with Gasteiger partial charge in [0, 0.05) is 53.5 Å². The summed E-state index contributed by atoms with van der Waals surface area (Å²) in [5, 5.41) is 1.17. The maximum absolute atomic E-state index is 13.6. The Morgan fingerprint density at radius 2 is 1.51 bits per heavy atom. The largest absolute Gasteiger partial charge is 0.497 e. The second-order valence-electron chi connectivity index (χ2n) is 8.53. The van der Waals surface area contributed by atoms with Gasteiger partial charge < -0.3 is 14.5 Å². The highest BCUT2D eigenvalue weighted by molar-refractivity contribution is 7.89. The number of amides is 1. The number of rotatable bonds is 8. The lowest BCUT2D eigenvalue weighted by molar-refractivity contribution is -0.131. The molecule has 0 atom stereocenters. The van der Waals surface area contributed by atoms with Gasteiger partial charge in [-0.1, -0.05) is 40.9 Å². The number of hydrogen-bond donors (Lipinski definition) is 0. The Bertz CT molecular complexity index is 1340. The minimum atomic E-state index is -4.02. The third-order valence-electron chi connectivity index (χ3n) is 6.19. The summed E-state index contributed by atoms with van der Waals surface area (Å²) in [6.07, 6.45) is 0. The highest BCUT2D eigenvalue weighted by atomic mass is 35.5. The van der Waals surface area contributed by atoms with Crippen molar-refractivity contribution in [3.63, 3.8) is 0 Å². The van der Waals surface area contributed by atoms with Gasteiger partial charge in [-0.05, 0) is 66.2 Å². The first-order valence-corrected chi connectivity index (χ1v) is 14.1. The molecular formula is C26H26Cl3N3O4S. The molecule has 1 aliphatic rings. The maximum atomic E-state index is 13.6. The molecule has 7 nitrogen and oxygen atoms in total. The first-order valence-electron chi connectivity index (χ1n) is 11.5. The minimum absolute atomic E-state index is 0.0408. The number of piperazine rings is 1. The lowest BCUT2D eigenvalue weighted by Crippen LogP contribution is -2.51. The molecule has 0 radical (unpaired) electrons. The summed E-state index contributed by atoms with van der Waals surface area (Å²) >= 11 is 18.3. The Morgan fingerprint density at radius 3 is 2.11 bits per heavy atom. The SMILES string of the molecule is COc1ccc(N2CCN(C(=O)CN(Cc3ccc(Cl)cc3Cl)S(=O)(=O)c3ccc(Cl)cc3)CC2)cc1. The van der Waals surface area contributed by atoms with Crippen molar-refractivity contribution in [2.45, 2.75) is 11.4 Å². The highest BCUT2D eigenvalue weighted by Gasteiger charge is 2.30. The summed E-state index contributed by atoms with van der Waals surface area (Å²) in [6, 6.07) is 18.4. The van der Waals surface area contributed by atoms with Gasteiger partial charge in [-0.2, -0.15) is 4.31 Å². The quantitative estimate of drug-likeness (QED) is 0.365. The molecule has 0 unspecified atom stereocenters. The highest BCUT2D eigenvalue weighted by Crippen LogP contribution is 2.26. The fraction of sp³-hybridized carbons (Fsp3) is 0.269. The summed E-state index contributed by atoms with van der Waals surface area (Å²) in [6.45, 7) is 1.80. The Kier molecular flexibility index (Phi) is 8.87. The van der Waals surface area contributed by atoms with Crippen molar-refractivity contribution in [2.75, 3.05) is 44.7 Å². The van der Waals surface area contributed by atoms with Crippen LogP contribution in [-0.2, 0) is 21.4 Å². The monoisotopic (exact) mass is 581 g/mol. The molecule has 37 heavy (non-hydrogen) atoms. The standard InChI is InChI=1S/C26H26Cl3N3O4S/c1-36-23-8-6-22(7-9-23)30-12-14-31(15-13-30)26(33)18-32(17-19-2-3-21(28)16-25(19)29)37(34,35)24-10-4-20(27)5-11-24/h2-11,16H,12-15,17-18H2,1H3. The number of carbonyl (C=O) groups is 1. The molecule has 196 valence electrons. The van der Waals surface area contributed by atoms with Crippen LogP contribution in [0.4, 0.5) is 5.69 Å². The molecule has 1 aliphatic heterocycles. The van der Waals surface area contributed by atoms with Crippen LogP contribution in [0.25, 0.3) is 0 Å². The van der Waals surface area contributed by atoms with Gasteiger partial charge in [0.1, 0.15) is 5.75 Å². The Balaban J connectivity index is 1.50. The van der Waals surface area contributed by atoms with Gasteiger partial charge in [0.2, 0.25) is 15.9 Å². The van der Waals surface area contributed by atoms with Crippen LogP contribution in [-0.4, -0.2) is 63.4 Å². The smallest absolute Gasteiger partial charge is 0.243 e. The molecule has 1 saturated heterocycles. The number of anilines is 1. The molecule has 0 saturated carbocycles. The molecule has 1 heterocycles. The van der Waals surface area contributed by atoms with E-state index in [4.69, 9.17) is 39.5 Å². The van der Waals surface area contributed by atoms with Crippen LogP contribution in [0.5, 0.6) is 5.75 Å². The van der Waals surface area contributed by atoms with Crippen molar-refractivity contribution in [1.82, 2.24) is 9.21 Å². The average molecular weight is 583 g/mol. The lowest BCUT2D eigenvalue weighted by atomic mass is 10.2. The van der Waals surface area contributed by atoms with Crippen molar-refractivity contribution in [3.05, 3.63) is 87.4 Å². The number of nitrogens with zero attached hydrogens (tertiary/aromatic N) is 3. The molecular weight excluding hydrogens is 557 g/mol. The van der Waals surface area contributed by atoms with Crippen molar-refractivity contribution < 1.29 is 17.9 Å². The zero-order chi connectivity index (χ0) is 26.6. The molecule has 11 heteroatoms. The number of ether oxygens (including phenoxy) is 1. The molecule has 1 fully saturated rings. The molecule has 0 aliphatic carbocycles. The molecule has 3 aromatic rings. The van der Waals surface area contributed by atoms with Gasteiger partial charge in [-0.25, -0.2) is 8.42 Å². The first-order chi connectivity index (χ1) is 17.7. The fourth-order valence-corrected chi connectivity index (χ4v) is 6.04. The van der Waals surface area contributed by atoms with Crippen LogP contribution in [0.15, 0.2) is 71.6 Å². The van der Waals surface area contributed by atoms with Gasteiger partial charge in [0.05, 0.1) is 18.6 Å². The topological polar surface area (TPSA) is 70.2 Å². The van der Waals surface area contributed by atoms with E-state index in [0.29, 0.717) is 46.8 Å². The summed E-state index contributed by atoms with van der Waals surface area (Å²) in [7, 11) is -2.40. The normalized spacial score (nSPS) is 14.2. The third-order valence-corrected chi connectivity index (χ3v) is 8.84. The van der Waals surface area contributed by atoms with Crippen molar-refractivity contribution in [1.29, 1.82) is 0 Å². The van der Waals surface area contributed by atoms with Gasteiger partial charge in [-0.15, -0.1) is 0 Å². The number of benzene rings is 3. The van der Waals surface area contributed by atoms with Crippen LogP contribution in [0.3, 0.4) is 0 Å². The van der Waals surface area contributed by atoms with E-state index in [-0.39, 0.29) is 23.9 Å². The van der Waals surface area contributed by atoms with E-state index in [9.17, 15) is 13.2 Å². The van der Waals surface area contributed by atoms with Gasteiger partial charge >= 0.3 is 0 Å². The summed E-state index contributed by atoms with van der Waals surface area (Å²) in [5.74, 6) is 0.498. The van der Waals surface area contributed by atoms with E-state index < -0.39 is 10.0 Å². The average Bonchev–Trinajstić information content (AvgIpc) is 2.90. The van der Waals surface area contributed by atoms with Crippen molar-refractivity contribution >= 4 is 56.4 Å². The minimum Gasteiger partial charge on any atom is -0.497 e. The van der Waals surface area contributed by atoms with Crippen molar-refractivity contribution in [3.8, 4) is 5.75 Å². The summed E-state index contributed by atoms with van der Waals surface area (Å²) < 4.78 is 33.5. The Labute approximate surface area is 232 Å². The number of sulfonamides is 1. The van der Waals surface area contributed by atoms with Crippen molar-refractivity contribution in [2.24, 2.45) is 0 Å². The Hall–Kier alpha value is -2.49. The van der Waals surface area contributed by atoms with Crippen LogP contribution >= 0.6 is 34.8 Å². The van der Waals surface area contributed by atoms with E-state index in [2.05, 4.69) is 4.90 Å². The van der Waals surface area contributed by atoms with Crippen LogP contribution in [0.1, 0.15) is 5.56 Å². The van der Waals surface area contributed by atoms with E-state index in [0.717, 1.165) is 15.7 Å².